The lowest BCUT2D eigenvalue weighted by molar-refractivity contribution is -0.132. The molecule has 0 bridgehead atoms. The highest BCUT2D eigenvalue weighted by Gasteiger charge is 2.25. The number of amides is 1. The normalized spacial score (nSPS) is 24.4. The van der Waals surface area contributed by atoms with E-state index < -0.39 is 10.0 Å². The van der Waals surface area contributed by atoms with Crippen LogP contribution in [0.5, 0.6) is 0 Å². The van der Waals surface area contributed by atoms with Crippen LogP contribution >= 0.6 is 21.6 Å². The summed E-state index contributed by atoms with van der Waals surface area (Å²) in [6.45, 7) is 1.92. The molecule has 8 heteroatoms. The number of hydrogen-bond donors (Lipinski definition) is 0. The molecule has 1 unspecified atom stereocenters. The zero-order valence-corrected chi connectivity index (χ0v) is 14.9. The van der Waals surface area contributed by atoms with Gasteiger partial charge in [0.1, 0.15) is 0 Å². The van der Waals surface area contributed by atoms with E-state index in [4.69, 9.17) is 0 Å². The molecule has 5 nitrogen and oxygen atoms in total. The molecule has 2 heterocycles. The van der Waals surface area contributed by atoms with Crippen molar-refractivity contribution in [3.8, 4) is 0 Å². The second-order valence-electron chi connectivity index (χ2n) is 5.62. The van der Waals surface area contributed by atoms with E-state index in [9.17, 15) is 13.2 Å². The van der Waals surface area contributed by atoms with Gasteiger partial charge in [-0.15, -0.1) is 0 Å². The number of hydrogen-bond acceptors (Lipinski definition) is 5. The molecule has 2 aliphatic rings. The van der Waals surface area contributed by atoms with Gasteiger partial charge in [0.2, 0.25) is 15.9 Å². The lowest BCUT2D eigenvalue weighted by Gasteiger charge is -2.33. The van der Waals surface area contributed by atoms with Crippen LogP contribution in [0.15, 0.2) is 0 Å². The van der Waals surface area contributed by atoms with Crippen LogP contribution < -0.4 is 0 Å². The first-order chi connectivity index (χ1) is 9.97. The van der Waals surface area contributed by atoms with Gasteiger partial charge >= 0.3 is 0 Å². The second kappa shape index (κ2) is 8.08. The minimum absolute atomic E-state index is 0.177. The Morgan fingerprint density at radius 1 is 1.19 bits per heavy atom. The van der Waals surface area contributed by atoms with E-state index in [1.807, 2.05) is 26.5 Å². The van der Waals surface area contributed by atoms with Crippen molar-refractivity contribution >= 4 is 37.5 Å². The van der Waals surface area contributed by atoms with E-state index in [1.165, 1.54) is 29.2 Å². The maximum absolute atomic E-state index is 12.1. The summed E-state index contributed by atoms with van der Waals surface area (Å²) in [7, 11) is 0.835. The van der Waals surface area contributed by atoms with Gasteiger partial charge in [0.15, 0.2) is 0 Å². The molecule has 0 spiro atoms. The van der Waals surface area contributed by atoms with Crippen LogP contribution in [-0.4, -0.2) is 67.0 Å². The van der Waals surface area contributed by atoms with Crippen molar-refractivity contribution in [2.24, 2.45) is 0 Å². The SMILES string of the molecule is CS(=O)(=O)N1CCN(C(=O)CCCCC2CCSS2)CC1. The maximum Gasteiger partial charge on any atom is 0.222 e. The fourth-order valence-corrected chi connectivity index (χ4v) is 6.49. The second-order valence-corrected chi connectivity index (χ2v) is 10.4. The van der Waals surface area contributed by atoms with Crippen molar-refractivity contribution in [2.45, 2.75) is 37.4 Å². The molecular weight excluding hydrogens is 328 g/mol. The van der Waals surface area contributed by atoms with Crippen molar-refractivity contribution in [1.29, 1.82) is 0 Å². The predicted molar refractivity (Wildman–Crippen MR) is 89.9 cm³/mol. The van der Waals surface area contributed by atoms with Crippen molar-refractivity contribution in [3.05, 3.63) is 0 Å². The predicted octanol–water partition coefficient (Wildman–Crippen LogP) is 1.80. The van der Waals surface area contributed by atoms with Crippen LogP contribution in [0.1, 0.15) is 32.1 Å². The number of rotatable bonds is 6. The Balaban J connectivity index is 1.61. The van der Waals surface area contributed by atoms with Gasteiger partial charge < -0.3 is 4.90 Å². The maximum atomic E-state index is 12.1. The molecule has 0 aromatic rings. The summed E-state index contributed by atoms with van der Waals surface area (Å²) in [5.74, 6) is 1.44. The quantitative estimate of drug-likeness (QED) is 0.539. The lowest BCUT2D eigenvalue weighted by Crippen LogP contribution is -2.50. The smallest absolute Gasteiger partial charge is 0.222 e. The van der Waals surface area contributed by atoms with Crippen molar-refractivity contribution in [2.75, 3.05) is 38.2 Å². The summed E-state index contributed by atoms with van der Waals surface area (Å²) in [4.78, 5) is 13.9. The Hall–Kier alpha value is 0.0800. The molecular formula is C13H24N2O3S3. The summed E-state index contributed by atoms with van der Waals surface area (Å²) in [5.41, 5.74) is 0. The molecule has 0 aromatic heterocycles. The van der Waals surface area contributed by atoms with Gasteiger partial charge in [-0.1, -0.05) is 28.0 Å². The molecule has 0 saturated carbocycles. The van der Waals surface area contributed by atoms with Crippen LogP contribution in [0.2, 0.25) is 0 Å². The van der Waals surface area contributed by atoms with Crippen LogP contribution in [0.4, 0.5) is 0 Å². The first-order valence-corrected chi connectivity index (χ1v) is 11.7. The van der Waals surface area contributed by atoms with E-state index in [2.05, 4.69) is 0 Å². The zero-order chi connectivity index (χ0) is 15.3. The molecule has 1 amide bonds. The van der Waals surface area contributed by atoms with Crippen molar-refractivity contribution < 1.29 is 13.2 Å². The molecule has 2 saturated heterocycles. The van der Waals surface area contributed by atoms with Crippen LogP contribution in [-0.2, 0) is 14.8 Å². The monoisotopic (exact) mass is 352 g/mol. The third-order valence-corrected chi connectivity index (χ3v) is 8.26. The highest BCUT2D eigenvalue weighted by molar-refractivity contribution is 8.77. The van der Waals surface area contributed by atoms with E-state index in [0.29, 0.717) is 32.6 Å². The van der Waals surface area contributed by atoms with Crippen LogP contribution in [0.25, 0.3) is 0 Å². The van der Waals surface area contributed by atoms with Crippen LogP contribution in [0.3, 0.4) is 0 Å². The summed E-state index contributed by atoms with van der Waals surface area (Å²) in [6.07, 6.45) is 6.41. The van der Waals surface area contributed by atoms with E-state index in [-0.39, 0.29) is 5.91 Å². The minimum Gasteiger partial charge on any atom is -0.340 e. The van der Waals surface area contributed by atoms with E-state index in [0.717, 1.165) is 18.1 Å². The Kier molecular flexibility index (Phi) is 6.71. The Labute approximate surface area is 135 Å². The molecule has 2 fully saturated rings. The third-order valence-electron chi connectivity index (χ3n) is 3.95. The number of sulfonamides is 1. The largest absolute Gasteiger partial charge is 0.340 e. The molecule has 0 N–H and O–H groups in total. The zero-order valence-electron chi connectivity index (χ0n) is 12.5. The van der Waals surface area contributed by atoms with Gasteiger partial charge in [-0.25, -0.2) is 8.42 Å². The van der Waals surface area contributed by atoms with Crippen molar-refractivity contribution in [3.63, 3.8) is 0 Å². The number of unbranched alkanes of at least 4 members (excludes halogenated alkanes) is 1. The van der Waals surface area contributed by atoms with Crippen LogP contribution in [0, 0.1) is 0 Å². The first-order valence-electron chi connectivity index (χ1n) is 7.48. The van der Waals surface area contributed by atoms with Gasteiger partial charge in [-0.2, -0.15) is 4.31 Å². The van der Waals surface area contributed by atoms with E-state index >= 15 is 0 Å². The third kappa shape index (κ3) is 5.65. The molecule has 1 atom stereocenters. The summed E-state index contributed by atoms with van der Waals surface area (Å²) >= 11 is 0. The number of carbonyl (C=O) groups excluding carboxylic acids is 1. The Bertz CT molecular complexity index is 442. The van der Waals surface area contributed by atoms with Gasteiger partial charge in [0.05, 0.1) is 6.26 Å². The molecule has 0 aromatic carbocycles. The Morgan fingerprint density at radius 3 is 2.48 bits per heavy atom. The molecule has 2 aliphatic heterocycles. The standard InChI is InChI=1S/C13H24N2O3S3/c1-21(17,18)15-9-7-14(8-10-15)13(16)5-3-2-4-12-6-11-19-20-12/h12H,2-11H2,1H3. The fourth-order valence-electron chi connectivity index (χ4n) is 2.64. The lowest BCUT2D eigenvalue weighted by atomic mass is 10.1. The summed E-state index contributed by atoms with van der Waals surface area (Å²) in [5, 5.41) is 0.781. The topological polar surface area (TPSA) is 57.7 Å². The molecule has 0 radical (unpaired) electrons. The number of nitrogens with zero attached hydrogens (tertiary/aromatic N) is 2. The first kappa shape index (κ1) is 17.4. The minimum atomic E-state index is -3.11. The highest BCUT2D eigenvalue weighted by Crippen LogP contribution is 2.39. The fraction of sp³-hybridized carbons (Fsp3) is 0.923. The number of carbonyl (C=O) groups is 1. The molecule has 122 valence electrons. The van der Waals surface area contributed by atoms with Gasteiger partial charge in [-0.05, 0) is 19.3 Å². The van der Waals surface area contributed by atoms with Gasteiger partial charge in [-0.3, -0.25) is 4.79 Å². The van der Waals surface area contributed by atoms with Gasteiger partial charge in [0, 0.05) is 43.6 Å². The molecule has 2 rings (SSSR count). The van der Waals surface area contributed by atoms with Gasteiger partial charge in [0.25, 0.3) is 0 Å². The average Bonchev–Trinajstić information content (AvgIpc) is 2.96. The molecule has 0 aliphatic carbocycles. The Morgan fingerprint density at radius 2 is 1.90 bits per heavy atom. The summed E-state index contributed by atoms with van der Waals surface area (Å²) in [6, 6.07) is 0. The molecule has 21 heavy (non-hydrogen) atoms. The number of piperazine rings is 1. The van der Waals surface area contributed by atoms with Crippen molar-refractivity contribution in [1.82, 2.24) is 9.21 Å². The average molecular weight is 353 g/mol. The van der Waals surface area contributed by atoms with E-state index in [1.54, 1.807) is 0 Å². The highest BCUT2D eigenvalue weighted by atomic mass is 33.1. The summed E-state index contributed by atoms with van der Waals surface area (Å²) < 4.78 is 24.3.